The van der Waals surface area contributed by atoms with Crippen molar-refractivity contribution >= 4 is 16.0 Å². The second-order valence-corrected chi connectivity index (χ2v) is 5.25. The van der Waals surface area contributed by atoms with Crippen LogP contribution in [0.2, 0.25) is 0 Å². The second kappa shape index (κ2) is 6.39. The van der Waals surface area contributed by atoms with Gasteiger partial charge in [-0.25, -0.2) is 23.1 Å². The van der Waals surface area contributed by atoms with Crippen molar-refractivity contribution in [2.24, 2.45) is 0 Å². The fraction of sp³-hybridized carbons (Fsp3) is 0.556. The van der Waals surface area contributed by atoms with E-state index in [4.69, 9.17) is 0 Å². The van der Waals surface area contributed by atoms with E-state index in [1.807, 2.05) is 0 Å². The molecule has 0 saturated carbocycles. The predicted molar refractivity (Wildman–Crippen MR) is 62.6 cm³/mol. The third-order valence-corrected chi connectivity index (χ3v) is 3.31. The lowest BCUT2D eigenvalue weighted by Gasteiger charge is -2.05. The zero-order valence-electron chi connectivity index (χ0n) is 9.18. The predicted octanol–water partition coefficient (Wildman–Crippen LogP) is 0.218. The maximum absolute atomic E-state index is 11.1. The highest BCUT2D eigenvalue weighted by atomic mass is 32.2. The number of hydrogen-bond donors (Lipinski definition) is 2. The lowest BCUT2D eigenvalue weighted by atomic mass is 10.4. The average molecular weight is 244 g/mol. The molecule has 0 radical (unpaired) electrons. The third-order valence-electron chi connectivity index (χ3n) is 1.90. The largest absolute Gasteiger partial charge is 0.354 e. The Morgan fingerprint density at radius 2 is 1.94 bits per heavy atom. The molecule has 0 bridgehead atoms. The van der Waals surface area contributed by atoms with Crippen molar-refractivity contribution in [1.82, 2.24) is 14.7 Å². The summed E-state index contributed by atoms with van der Waals surface area (Å²) in [6.45, 7) is 2.67. The molecule has 0 aromatic carbocycles. The van der Waals surface area contributed by atoms with Crippen molar-refractivity contribution in [2.75, 3.05) is 24.2 Å². The van der Waals surface area contributed by atoms with Gasteiger partial charge in [0.15, 0.2) is 0 Å². The van der Waals surface area contributed by atoms with Crippen LogP contribution in [-0.4, -0.2) is 37.2 Å². The minimum Gasteiger partial charge on any atom is -0.354 e. The number of hydrogen-bond acceptors (Lipinski definition) is 5. The van der Waals surface area contributed by atoms with Crippen LogP contribution in [0.4, 0.5) is 5.95 Å². The standard InChI is InChI=1S/C9H16N4O2S/c1-2-16(14,15)13-8-4-7-12-9-10-5-3-6-11-9/h3,5-6,13H,2,4,7-8H2,1H3,(H,10,11,12). The van der Waals surface area contributed by atoms with E-state index in [1.165, 1.54) is 0 Å². The van der Waals surface area contributed by atoms with Crippen molar-refractivity contribution in [1.29, 1.82) is 0 Å². The summed E-state index contributed by atoms with van der Waals surface area (Å²) in [6, 6.07) is 1.74. The first-order chi connectivity index (χ1) is 7.64. The second-order valence-electron chi connectivity index (χ2n) is 3.15. The fourth-order valence-electron chi connectivity index (χ4n) is 1.01. The minimum absolute atomic E-state index is 0.113. The highest BCUT2D eigenvalue weighted by Gasteiger charge is 2.03. The van der Waals surface area contributed by atoms with Crippen LogP contribution >= 0.6 is 0 Å². The summed E-state index contributed by atoms with van der Waals surface area (Å²) in [5.41, 5.74) is 0. The first-order valence-electron chi connectivity index (χ1n) is 5.12. The number of sulfonamides is 1. The molecule has 1 aromatic rings. The molecule has 1 heterocycles. The molecule has 0 aliphatic rings. The van der Waals surface area contributed by atoms with Crippen LogP contribution in [-0.2, 0) is 10.0 Å². The van der Waals surface area contributed by atoms with Crippen LogP contribution in [0.15, 0.2) is 18.5 Å². The Kier molecular flexibility index (Phi) is 5.13. The van der Waals surface area contributed by atoms with E-state index in [0.29, 0.717) is 25.5 Å². The molecule has 0 aliphatic carbocycles. The zero-order chi connectivity index (χ0) is 11.9. The quantitative estimate of drug-likeness (QED) is 0.670. The van der Waals surface area contributed by atoms with E-state index in [2.05, 4.69) is 20.0 Å². The molecule has 0 saturated heterocycles. The molecule has 6 nitrogen and oxygen atoms in total. The Balaban J connectivity index is 2.14. The van der Waals surface area contributed by atoms with Crippen LogP contribution < -0.4 is 10.0 Å². The van der Waals surface area contributed by atoms with Gasteiger partial charge in [0, 0.05) is 25.5 Å². The highest BCUT2D eigenvalue weighted by Crippen LogP contribution is 1.93. The molecule has 16 heavy (non-hydrogen) atoms. The van der Waals surface area contributed by atoms with Gasteiger partial charge in [0.25, 0.3) is 0 Å². The van der Waals surface area contributed by atoms with E-state index in [-0.39, 0.29) is 5.75 Å². The molecule has 0 fully saturated rings. The summed E-state index contributed by atoms with van der Waals surface area (Å²) >= 11 is 0. The van der Waals surface area contributed by atoms with Gasteiger partial charge in [-0.05, 0) is 19.4 Å². The van der Waals surface area contributed by atoms with E-state index in [0.717, 1.165) is 0 Å². The first-order valence-corrected chi connectivity index (χ1v) is 6.77. The lowest BCUT2D eigenvalue weighted by Crippen LogP contribution is -2.27. The number of anilines is 1. The summed E-state index contributed by atoms with van der Waals surface area (Å²) < 4.78 is 24.6. The summed E-state index contributed by atoms with van der Waals surface area (Å²) in [7, 11) is -3.07. The molecule has 0 aliphatic heterocycles. The van der Waals surface area contributed by atoms with Gasteiger partial charge in [-0.1, -0.05) is 0 Å². The van der Waals surface area contributed by atoms with Gasteiger partial charge in [-0.15, -0.1) is 0 Å². The molecule has 1 aromatic heterocycles. The normalized spacial score (nSPS) is 11.3. The summed E-state index contributed by atoms with van der Waals surface area (Å²) in [5, 5.41) is 2.99. The molecule has 90 valence electrons. The van der Waals surface area contributed by atoms with Gasteiger partial charge in [0.05, 0.1) is 5.75 Å². The van der Waals surface area contributed by atoms with E-state index in [9.17, 15) is 8.42 Å². The zero-order valence-corrected chi connectivity index (χ0v) is 10.00. The number of nitrogens with zero attached hydrogens (tertiary/aromatic N) is 2. The van der Waals surface area contributed by atoms with Crippen LogP contribution in [0, 0.1) is 0 Å². The van der Waals surface area contributed by atoms with Gasteiger partial charge < -0.3 is 5.32 Å². The molecule has 2 N–H and O–H groups in total. The Labute approximate surface area is 95.6 Å². The Bertz CT molecular complexity index is 393. The number of rotatable bonds is 7. The Hall–Kier alpha value is -1.21. The first kappa shape index (κ1) is 12.9. The van der Waals surface area contributed by atoms with E-state index >= 15 is 0 Å². The van der Waals surface area contributed by atoms with Crippen molar-refractivity contribution in [3.63, 3.8) is 0 Å². The monoisotopic (exact) mass is 244 g/mol. The minimum atomic E-state index is -3.07. The number of aromatic nitrogens is 2. The summed E-state index contributed by atoms with van der Waals surface area (Å²) in [4.78, 5) is 7.96. The molecule has 0 unspecified atom stereocenters. The van der Waals surface area contributed by atoms with E-state index < -0.39 is 10.0 Å². The van der Waals surface area contributed by atoms with Crippen LogP contribution in [0.25, 0.3) is 0 Å². The highest BCUT2D eigenvalue weighted by molar-refractivity contribution is 7.89. The fourth-order valence-corrected chi connectivity index (χ4v) is 1.67. The molecule has 7 heteroatoms. The molecule has 0 amide bonds. The average Bonchev–Trinajstić information content (AvgIpc) is 2.30. The maximum atomic E-state index is 11.1. The van der Waals surface area contributed by atoms with Crippen molar-refractivity contribution in [2.45, 2.75) is 13.3 Å². The Morgan fingerprint density at radius 1 is 1.25 bits per heavy atom. The van der Waals surface area contributed by atoms with Crippen molar-refractivity contribution < 1.29 is 8.42 Å². The summed E-state index contributed by atoms with van der Waals surface area (Å²) in [6.07, 6.45) is 3.99. The van der Waals surface area contributed by atoms with Crippen LogP contribution in [0.1, 0.15) is 13.3 Å². The van der Waals surface area contributed by atoms with Gasteiger partial charge in [-0.3, -0.25) is 0 Å². The topological polar surface area (TPSA) is 84.0 Å². The van der Waals surface area contributed by atoms with E-state index in [1.54, 1.807) is 25.4 Å². The van der Waals surface area contributed by atoms with Gasteiger partial charge in [0.2, 0.25) is 16.0 Å². The number of nitrogens with one attached hydrogen (secondary N) is 2. The van der Waals surface area contributed by atoms with Crippen LogP contribution in [0.3, 0.4) is 0 Å². The van der Waals surface area contributed by atoms with Crippen molar-refractivity contribution in [3.8, 4) is 0 Å². The van der Waals surface area contributed by atoms with Gasteiger partial charge in [0.1, 0.15) is 0 Å². The van der Waals surface area contributed by atoms with Crippen molar-refractivity contribution in [3.05, 3.63) is 18.5 Å². The van der Waals surface area contributed by atoms with Gasteiger partial charge >= 0.3 is 0 Å². The molecular formula is C9H16N4O2S. The lowest BCUT2D eigenvalue weighted by molar-refractivity contribution is 0.581. The molecule has 1 rings (SSSR count). The third kappa shape index (κ3) is 5.04. The van der Waals surface area contributed by atoms with Gasteiger partial charge in [-0.2, -0.15) is 0 Å². The van der Waals surface area contributed by atoms with Crippen LogP contribution in [0.5, 0.6) is 0 Å². The molecule has 0 spiro atoms. The Morgan fingerprint density at radius 3 is 2.56 bits per heavy atom. The molecular weight excluding hydrogens is 228 g/mol. The molecule has 0 atom stereocenters. The SMILES string of the molecule is CCS(=O)(=O)NCCCNc1ncccn1. The summed E-state index contributed by atoms with van der Waals surface area (Å²) in [5.74, 6) is 0.670. The maximum Gasteiger partial charge on any atom is 0.222 e. The smallest absolute Gasteiger partial charge is 0.222 e.